The second-order valence-corrected chi connectivity index (χ2v) is 7.05. The van der Waals surface area contributed by atoms with Gasteiger partial charge in [0.25, 0.3) is 5.91 Å². The first kappa shape index (κ1) is 18.6. The Kier molecular flexibility index (Phi) is 5.91. The van der Waals surface area contributed by atoms with E-state index in [4.69, 9.17) is 0 Å². The van der Waals surface area contributed by atoms with Gasteiger partial charge in [-0.15, -0.1) is 0 Å². The van der Waals surface area contributed by atoms with Crippen LogP contribution < -0.4 is 10.6 Å². The van der Waals surface area contributed by atoms with Crippen LogP contribution in [0.3, 0.4) is 0 Å². The molecular weight excluding hydrogens is 314 g/mol. The number of aromatic nitrogens is 1. The number of pyridine rings is 1. The van der Waals surface area contributed by atoms with Crippen LogP contribution in [0, 0.1) is 6.92 Å². The summed E-state index contributed by atoms with van der Waals surface area (Å²) >= 11 is 0. The first-order chi connectivity index (χ1) is 11.8. The number of rotatable bonds is 5. The Bertz CT molecular complexity index is 746. The van der Waals surface area contributed by atoms with Crippen LogP contribution >= 0.6 is 0 Å². The molecule has 2 N–H and O–H groups in total. The van der Waals surface area contributed by atoms with E-state index in [2.05, 4.69) is 36.4 Å². The number of nitrogens with one attached hydrogen (secondary N) is 2. The van der Waals surface area contributed by atoms with Crippen molar-refractivity contribution < 1.29 is 9.59 Å². The molecule has 25 heavy (non-hydrogen) atoms. The van der Waals surface area contributed by atoms with E-state index < -0.39 is 0 Å². The number of amides is 2. The third-order valence-electron chi connectivity index (χ3n) is 3.92. The van der Waals surface area contributed by atoms with Crippen LogP contribution in [0.25, 0.3) is 0 Å². The van der Waals surface area contributed by atoms with Gasteiger partial charge in [-0.3, -0.25) is 9.59 Å². The molecular formula is C20H25N3O2. The molecule has 0 aliphatic heterocycles. The van der Waals surface area contributed by atoms with Gasteiger partial charge in [-0.05, 0) is 41.7 Å². The lowest BCUT2D eigenvalue weighted by Crippen LogP contribution is -2.28. The predicted molar refractivity (Wildman–Crippen MR) is 99.7 cm³/mol. The summed E-state index contributed by atoms with van der Waals surface area (Å²) in [4.78, 5) is 28.2. The largest absolute Gasteiger partial charge is 0.352 e. The Hall–Kier alpha value is -2.69. The highest BCUT2D eigenvalue weighted by Crippen LogP contribution is 2.22. The molecule has 5 nitrogen and oxygen atoms in total. The number of hydrogen-bond acceptors (Lipinski definition) is 3. The van der Waals surface area contributed by atoms with E-state index in [1.807, 2.05) is 43.3 Å². The van der Waals surface area contributed by atoms with Gasteiger partial charge in [0.05, 0.1) is 0 Å². The van der Waals surface area contributed by atoms with Crippen LogP contribution in [0.2, 0.25) is 0 Å². The van der Waals surface area contributed by atoms with Crippen molar-refractivity contribution in [1.29, 1.82) is 0 Å². The minimum Gasteiger partial charge on any atom is -0.352 e. The maximum absolute atomic E-state index is 12.1. The Morgan fingerprint density at radius 3 is 2.36 bits per heavy atom. The van der Waals surface area contributed by atoms with E-state index in [0.717, 1.165) is 5.56 Å². The van der Waals surface area contributed by atoms with E-state index >= 15 is 0 Å². The first-order valence-electron chi connectivity index (χ1n) is 8.37. The fourth-order valence-electron chi connectivity index (χ4n) is 2.32. The van der Waals surface area contributed by atoms with Crippen LogP contribution in [-0.4, -0.2) is 23.3 Å². The molecule has 0 bridgehead atoms. The Morgan fingerprint density at radius 2 is 1.76 bits per heavy atom. The number of aryl methyl sites for hydroxylation is 1. The highest BCUT2D eigenvalue weighted by atomic mass is 16.2. The third kappa shape index (κ3) is 5.41. The van der Waals surface area contributed by atoms with E-state index in [1.54, 1.807) is 6.20 Å². The van der Waals surface area contributed by atoms with Crippen molar-refractivity contribution >= 4 is 17.6 Å². The molecule has 0 saturated carbocycles. The molecule has 5 heteroatoms. The molecule has 0 unspecified atom stereocenters. The molecule has 0 fully saturated rings. The molecule has 2 rings (SSSR count). The highest BCUT2D eigenvalue weighted by molar-refractivity contribution is 5.95. The molecule has 0 aliphatic carbocycles. The molecule has 2 aromatic rings. The van der Waals surface area contributed by atoms with Crippen LogP contribution in [-0.2, 0) is 10.2 Å². The summed E-state index contributed by atoms with van der Waals surface area (Å²) in [5, 5.41) is 5.51. The lowest BCUT2D eigenvalue weighted by Gasteiger charge is -2.19. The minimum absolute atomic E-state index is 0.0523. The zero-order valence-electron chi connectivity index (χ0n) is 15.2. The van der Waals surface area contributed by atoms with E-state index in [0.29, 0.717) is 11.4 Å². The standard InChI is InChI=1S/C20H25N3O2/c1-14-6-5-12-21-18(14)23-17(24)11-13-22-19(25)15-7-9-16(10-8-15)20(2,3)4/h5-10,12H,11,13H2,1-4H3,(H,22,25)(H,21,23,24). The van der Waals surface area contributed by atoms with Gasteiger partial charge in [-0.2, -0.15) is 0 Å². The summed E-state index contributed by atoms with van der Waals surface area (Å²) in [6, 6.07) is 11.2. The summed E-state index contributed by atoms with van der Waals surface area (Å²) in [7, 11) is 0. The number of hydrogen-bond donors (Lipinski definition) is 2. The molecule has 1 aromatic carbocycles. The number of carbonyl (C=O) groups is 2. The zero-order chi connectivity index (χ0) is 18.4. The second-order valence-electron chi connectivity index (χ2n) is 7.05. The smallest absolute Gasteiger partial charge is 0.251 e. The monoisotopic (exact) mass is 339 g/mol. The molecule has 1 aromatic heterocycles. The maximum Gasteiger partial charge on any atom is 0.251 e. The minimum atomic E-state index is -0.178. The van der Waals surface area contributed by atoms with Crippen molar-refractivity contribution in [1.82, 2.24) is 10.3 Å². The van der Waals surface area contributed by atoms with Crippen LogP contribution in [0.1, 0.15) is 48.7 Å². The average molecular weight is 339 g/mol. The fourth-order valence-corrected chi connectivity index (χ4v) is 2.32. The van der Waals surface area contributed by atoms with E-state index in [-0.39, 0.29) is 30.2 Å². The number of anilines is 1. The quantitative estimate of drug-likeness (QED) is 0.876. The summed E-state index contributed by atoms with van der Waals surface area (Å²) < 4.78 is 0. The van der Waals surface area contributed by atoms with E-state index in [9.17, 15) is 9.59 Å². The van der Waals surface area contributed by atoms with Gasteiger partial charge in [-0.25, -0.2) is 4.98 Å². The number of carbonyl (C=O) groups excluding carboxylic acids is 2. The molecule has 0 aliphatic rings. The lowest BCUT2D eigenvalue weighted by molar-refractivity contribution is -0.116. The Labute approximate surface area is 148 Å². The van der Waals surface area contributed by atoms with Gasteiger partial charge < -0.3 is 10.6 Å². The fraction of sp³-hybridized carbons (Fsp3) is 0.350. The predicted octanol–water partition coefficient (Wildman–Crippen LogP) is 3.45. The number of benzene rings is 1. The van der Waals surface area contributed by atoms with E-state index in [1.165, 1.54) is 5.56 Å². The molecule has 2 amide bonds. The molecule has 0 spiro atoms. The van der Waals surface area contributed by atoms with Gasteiger partial charge in [0.1, 0.15) is 5.82 Å². The average Bonchev–Trinajstić information content (AvgIpc) is 2.56. The summed E-state index contributed by atoms with van der Waals surface area (Å²) in [6.45, 7) is 8.54. The van der Waals surface area contributed by atoms with Gasteiger partial charge in [0, 0.05) is 24.7 Å². The third-order valence-corrected chi connectivity index (χ3v) is 3.92. The van der Waals surface area contributed by atoms with Crippen molar-refractivity contribution in [3.05, 3.63) is 59.3 Å². The zero-order valence-corrected chi connectivity index (χ0v) is 15.2. The molecule has 132 valence electrons. The van der Waals surface area contributed by atoms with Gasteiger partial charge in [0.2, 0.25) is 5.91 Å². The Balaban J connectivity index is 1.82. The lowest BCUT2D eigenvalue weighted by atomic mass is 9.87. The van der Waals surface area contributed by atoms with Crippen molar-refractivity contribution in [3.63, 3.8) is 0 Å². The van der Waals surface area contributed by atoms with Crippen molar-refractivity contribution in [2.45, 2.75) is 39.5 Å². The Morgan fingerprint density at radius 1 is 1.08 bits per heavy atom. The van der Waals surface area contributed by atoms with Gasteiger partial charge >= 0.3 is 0 Å². The summed E-state index contributed by atoms with van der Waals surface area (Å²) in [6.07, 6.45) is 1.83. The van der Waals surface area contributed by atoms with Crippen LogP contribution in [0.15, 0.2) is 42.6 Å². The molecule has 0 atom stereocenters. The van der Waals surface area contributed by atoms with Crippen LogP contribution in [0.5, 0.6) is 0 Å². The van der Waals surface area contributed by atoms with Crippen molar-refractivity contribution in [2.24, 2.45) is 0 Å². The van der Waals surface area contributed by atoms with Crippen molar-refractivity contribution in [2.75, 3.05) is 11.9 Å². The van der Waals surface area contributed by atoms with Gasteiger partial charge in [0.15, 0.2) is 0 Å². The second kappa shape index (κ2) is 7.92. The molecule has 0 saturated heterocycles. The summed E-state index contributed by atoms with van der Waals surface area (Å²) in [5.41, 5.74) is 2.72. The maximum atomic E-state index is 12.1. The number of nitrogens with zero attached hydrogens (tertiary/aromatic N) is 1. The first-order valence-corrected chi connectivity index (χ1v) is 8.37. The van der Waals surface area contributed by atoms with Crippen LogP contribution in [0.4, 0.5) is 5.82 Å². The molecule has 0 radical (unpaired) electrons. The normalized spacial score (nSPS) is 11.0. The summed E-state index contributed by atoms with van der Waals surface area (Å²) in [5.74, 6) is 0.198. The van der Waals surface area contributed by atoms with Crippen molar-refractivity contribution in [3.8, 4) is 0 Å². The highest BCUT2D eigenvalue weighted by Gasteiger charge is 2.14. The molecule has 1 heterocycles. The topological polar surface area (TPSA) is 71.1 Å². The SMILES string of the molecule is Cc1cccnc1NC(=O)CCNC(=O)c1ccc(C(C)(C)C)cc1. The van der Waals surface area contributed by atoms with Gasteiger partial charge in [-0.1, -0.05) is 39.0 Å².